The van der Waals surface area contributed by atoms with Gasteiger partial charge in [-0.15, -0.1) is 0 Å². The first-order valence-corrected chi connectivity index (χ1v) is 3.74. The van der Waals surface area contributed by atoms with Crippen LogP contribution in [0.2, 0.25) is 0 Å². The maximum atomic E-state index is 9.95. The second kappa shape index (κ2) is 2.80. The van der Waals surface area contributed by atoms with E-state index in [-0.39, 0.29) is 0 Å². The number of hydrogen-bond acceptors (Lipinski definition) is 3. The van der Waals surface area contributed by atoms with Gasteiger partial charge in [0, 0.05) is 6.42 Å². The van der Waals surface area contributed by atoms with Crippen LogP contribution >= 0.6 is 0 Å². The fourth-order valence-corrected chi connectivity index (χ4v) is 1.30. The van der Waals surface area contributed by atoms with Gasteiger partial charge in [0.15, 0.2) is 0 Å². The molecule has 2 rings (SSSR count). The van der Waals surface area contributed by atoms with Gasteiger partial charge in [-0.25, -0.2) is 4.79 Å². The molecule has 0 radical (unpaired) electrons. The number of isocyanates is 1. The molecule has 0 atom stereocenters. The molecule has 0 unspecified atom stereocenters. The molecule has 60 valence electrons. The summed E-state index contributed by atoms with van der Waals surface area (Å²) in [6.07, 6.45) is 2.41. The van der Waals surface area contributed by atoms with E-state index >= 15 is 0 Å². The Hall–Kier alpha value is -1.60. The van der Waals surface area contributed by atoms with Crippen molar-refractivity contribution in [3.63, 3.8) is 0 Å². The van der Waals surface area contributed by atoms with E-state index in [2.05, 4.69) is 4.99 Å². The van der Waals surface area contributed by atoms with E-state index in [1.165, 1.54) is 6.08 Å². The summed E-state index contributed by atoms with van der Waals surface area (Å²) in [5.41, 5.74) is 1.76. The number of carbonyl (C=O) groups excluding carboxylic acids is 1. The Balaban J connectivity index is 2.45. The summed E-state index contributed by atoms with van der Waals surface area (Å²) in [5, 5.41) is 0. The molecule has 3 nitrogen and oxygen atoms in total. The van der Waals surface area contributed by atoms with E-state index in [0.717, 1.165) is 24.3 Å². The summed E-state index contributed by atoms with van der Waals surface area (Å²) in [4.78, 5) is 13.5. The SMILES string of the molecule is O=C=Nc1ccc2c(c1)CCO2. The molecule has 0 saturated heterocycles. The first-order valence-electron chi connectivity index (χ1n) is 3.74. The highest BCUT2D eigenvalue weighted by atomic mass is 16.5. The van der Waals surface area contributed by atoms with Gasteiger partial charge in [-0.3, -0.25) is 0 Å². The van der Waals surface area contributed by atoms with Gasteiger partial charge in [0.05, 0.1) is 12.3 Å². The Morgan fingerprint density at radius 2 is 2.42 bits per heavy atom. The molecule has 0 bridgehead atoms. The number of fused-ring (bicyclic) bond motifs is 1. The highest BCUT2D eigenvalue weighted by Crippen LogP contribution is 2.28. The number of benzene rings is 1. The topological polar surface area (TPSA) is 38.7 Å². The Morgan fingerprint density at radius 1 is 1.50 bits per heavy atom. The van der Waals surface area contributed by atoms with Crippen molar-refractivity contribution in [2.75, 3.05) is 6.61 Å². The van der Waals surface area contributed by atoms with E-state index in [1.807, 2.05) is 12.1 Å². The molecule has 1 aromatic carbocycles. The second-order valence-electron chi connectivity index (χ2n) is 2.59. The first kappa shape index (κ1) is 7.07. The predicted octanol–water partition coefficient (Wildman–Crippen LogP) is 1.59. The van der Waals surface area contributed by atoms with Crippen LogP contribution < -0.4 is 4.74 Å². The van der Waals surface area contributed by atoms with Crippen LogP contribution in [0.4, 0.5) is 5.69 Å². The van der Waals surface area contributed by atoms with Crippen molar-refractivity contribution in [2.24, 2.45) is 4.99 Å². The van der Waals surface area contributed by atoms with E-state index in [0.29, 0.717) is 5.69 Å². The number of hydrogen-bond donors (Lipinski definition) is 0. The van der Waals surface area contributed by atoms with Crippen LogP contribution in [0.1, 0.15) is 5.56 Å². The van der Waals surface area contributed by atoms with Crippen LogP contribution in [0.15, 0.2) is 23.2 Å². The zero-order chi connectivity index (χ0) is 8.39. The van der Waals surface area contributed by atoms with Gasteiger partial charge in [-0.1, -0.05) is 0 Å². The van der Waals surface area contributed by atoms with Crippen LogP contribution in [0.5, 0.6) is 5.75 Å². The molecule has 1 aromatic rings. The van der Waals surface area contributed by atoms with Gasteiger partial charge in [0.2, 0.25) is 6.08 Å². The number of rotatable bonds is 1. The van der Waals surface area contributed by atoms with Gasteiger partial charge in [-0.05, 0) is 23.8 Å². The lowest BCUT2D eigenvalue weighted by Gasteiger charge is -1.97. The van der Waals surface area contributed by atoms with Crippen LogP contribution in [0, 0.1) is 0 Å². The van der Waals surface area contributed by atoms with Gasteiger partial charge >= 0.3 is 0 Å². The third-order valence-electron chi connectivity index (χ3n) is 1.85. The number of ether oxygens (including phenoxy) is 1. The molecular weight excluding hydrogens is 154 g/mol. The van der Waals surface area contributed by atoms with Crippen LogP contribution in [0.3, 0.4) is 0 Å². The third kappa shape index (κ3) is 1.11. The van der Waals surface area contributed by atoms with Crippen molar-refractivity contribution in [1.29, 1.82) is 0 Å². The first-order chi connectivity index (χ1) is 5.90. The van der Waals surface area contributed by atoms with Gasteiger partial charge in [0.1, 0.15) is 5.75 Å². The Morgan fingerprint density at radius 3 is 3.25 bits per heavy atom. The lowest BCUT2D eigenvalue weighted by Crippen LogP contribution is -1.85. The molecule has 1 aliphatic heterocycles. The molecular formula is C9H7NO2. The molecule has 0 saturated carbocycles. The highest BCUT2D eigenvalue weighted by Gasteiger charge is 2.11. The quantitative estimate of drug-likeness (QED) is 0.463. The monoisotopic (exact) mass is 161 g/mol. The van der Waals surface area contributed by atoms with Crippen molar-refractivity contribution in [2.45, 2.75) is 6.42 Å². The molecule has 3 heteroatoms. The minimum atomic E-state index is 0.647. The number of nitrogens with zero attached hydrogens (tertiary/aromatic N) is 1. The summed E-state index contributed by atoms with van der Waals surface area (Å²) in [7, 11) is 0. The van der Waals surface area contributed by atoms with Crippen molar-refractivity contribution in [3.8, 4) is 5.75 Å². The number of aliphatic imine (C=N–C) groups is 1. The Bertz CT molecular complexity index is 354. The van der Waals surface area contributed by atoms with E-state index < -0.39 is 0 Å². The summed E-state index contributed by atoms with van der Waals surface area (Å²) in [6, 6.07) is 5.43. The minimum absolute atomic E-state index is 0.647. The van der Waals surface area contributed by atoms with Crippen LogP contribution in [-0.2, 0) is 11.2 Å². The minimum Gasteiger partial charge on any atom is -0.493 e. The summed E-state index contributed by atoms with van der Waals surface area (Å²) in [6.45, 7) is 0.726. The lowest BCUT2D eigenvalue weighted by atomic mass is 10.1. The van der Waals surface area contributed by atoms with E-state index in [1.54, 1.807) is 6.07 Å². The van der Waals surface area contributed by atoms with Gasteiger partial charge < -0.3 is 4.74 Å². The molecule has 0 N–H and O–H groups in total. The predicted molar refractivity (Wildman–Crippen MR) is 43.4 cm³/mol. The zero-order valence-corrected chi connectivity index (χ0v) is 6.41. The molecule has 0 aromatic heterocycles. The normalized spacial score (nSPS) is 13.0. The molecule has 12 heavy (non-hydrogen) atoms. The van der Waals surface area contributed by atoms with Crippen molar-refractivity contribution in [3.05, 3.63) is 23.8 Å². The smallest absolute Gasteiger partial charge is 0.240 e. The summed E-state index contributed by atoms with van der Waals surface area (Å²) < 4.78 is 5.29. The third-order valence-corrected chi connectivity index (χ3v) is 1.85. The maximum Gasteiger partial charge on any atom is 0.240 e. The lowest BCUT2D eigenvalue weighted by molar-refractivity contribution is 0.357. The second-order valence-corrected chi connectivity index (χ2v) is 2.59. The summed E-state index contributed by atoms with van der Waals surface area (Å²) in [5.74, 6) is 0.903. The van der Waals surface area contributed by atoms with Crippen LogP contribution in [0.25, 0.3) is 0 Å². The Labute approximate surface area is 69.7 Å². The summed E-state index contributed by atoms with van der Waals surface area (Å²) >= 11 is 0. The van der Waals surface area contributed by atoms with Gasteiger partial charge in [0.25, 0.3) is 0 Å². The molecule has 0 spiro atoms. The fraction of sp³-hybridized carbons (Fsp3) is 0.222. The standard InChI is InChI=1S/C9H7NO2/c11-6-10-8-1-2-9-7(5-8)3-4-12-9/h1-2,5H,3-4H2. The average Bonchev–Trinajstić information content (AvgIpc) is 2.51. The Kier molecular flexibility index (Phi) is 1.65. The maximum absolute atomic E-state index is 9.95. The molecule has 0 amide bonds. The van der Waals surface area contributed by atoms with Crippen molar-refractivity contribution < 1.29 is 9.53 Å². The highest BCUT2D eigenvalue weighted by molar-refractivity contribution is 5.54. The van der Waals surface area contributed by atoms with Crippen molar-refractivity contribution in [1.82, 2.24) is 0 Å². The van der Waals surface area contributed by atoms with Gasteiger partial charge in [-0.2, -0.15) is 4.99 Å². The molecule has 1 aliphatic rings. The fourth-order valence-electron chi connectivity index (χ4n) is 1.30. The molecule has 0 fully saturated rings. The zero-order valence-electron chi connectivity index (χ0n) is 6.41. The molecule has 0 aliphatic carbocycles. The van der Waals surface area contributed by atoms with Crippen molar-refractivity contribution >= 4 is 11.8 Å². The van der Waals surface area contributed by atoms with Crippen LogP contribution in [-0.4, -0.2) is 12.7 Å². The van der Waals surface area contributed by atoms with E-state index in [4.69, 9.17) is 4.74 Å². The van der Waals surface area contributed by atoms with E-state index in [9.17, 15) is 4.79 Å². The molecule has 1 heterocycles. The largest absolute Gasteiger partial charge is 0.493 e. The average molecular weight is 161 g/mol.